The van der Waals surface area contributed by atoms with Gasteiger partial charge in [-0.3, -0.25) is 0 Å². The first-order valence-electron chi connectivity index (χ1n) is 5.63. The molecule has 1 saturated carbocycles. The summed E-state index contributed by atoms with van der Waals surface area (Å²) in [6.07, 6.45) is 4.80. The number of nitrogens with zero attached hydrogens (tertiary/aromatic N) is 2. The van der Waals surface area contributed by atoms with Crippen molar-refractivity contribution >= 4 is 11.6 Å². The highest BCUT2D eigenvalue weighted by molar-refractivity contribution is 5.55. The third kappa shape index (κ3) is 2.09. The molecule has 5 heteroatoms. The van der Waals surface area contributed by atoms with E-state index in [2.05, 4.69) is 22.2 Å². The van der Waals surface area contributed by atoms with Crippen LogP contribution in [0.5, 0.6) is 0 Å². The number of anilines is 2. The Morgan fingerprint density at radius 3 is 2.88 bits per heavy atom. The van der Waals surface area contributed by atoms with E-state index in [1.807, 2.05) is 0 Å². The Morgan fingerprint density at radius 2 is 2.25 bits per heavy atom. The Labute approximate surface area is 95.4 Å². The van der Waals surface area contributed by atoms with Gasteiger partial charge in [-0.2, -0.15) is 0 Å². The fraction of sp³-hybridized carbons (Fsp3) is 0.636. The molecule has 0 aliphatic heterocycles. The molecule has 0 saturated heterocycles. The van der Waals surface area contributed by atoms with Gasteiger partial charge in [-0.05, 0) is 19.3 Å². The average molecular weight is 222 g/mol. The topological polar surface area (TPSA) is 73.1 Å². The lowest BCUT2D eigenvalue weighted by molar-refractivity contribution is 0.0327. The summed E-state index contributed by atoms with van der Waals surface area (Å²) in [6, 6.07) is 0.449. The summed E-state index contributed by atoms with van der Waals surface area (Å²) in [4.78, 5) is 8.23. The lowest BCUT2D eigenvalue weighted by Gasteiger charge is -2.35. The fourth-order valence-electron chi connectivity index (χ4n) is 1.97. The molecular weight excluding hydrogens is 204 g/mol. The highest BCUT2D eigenvalue weighted by atomic mass is 16.5. The Balaban J connectivity index is 2.02. The summed E-state index contributed by atoms with van der Waals surface area (Å²) in [5.74, 6) is 1.44. The minimum Gasteiger partial charge on any atom is -0.383 e. The fourth-order valence-corrected chi connectivity index (χ4v) is 1.97. The third-order valence-corrected chi connectivity index (χ3v) is 3.10. The SMILES string of the molecule is CCc1c(N)ncnc1NC1CC(OC)C1. The zero-order chi connectivity index (χ0) is 11.5. The molecule has 0 aromatic carbocycles. The van der Waals surface area contributed by atoms with Gasteiger partial charge in [0, 0.05) is 18.7 Å². The Bertz CT molecular complexity index is 363. The second kappa shape index (κ2) is 4.65. The highest BCUT2D eigenvalue weighted by Gasteiger charge is 2.29. The predicted octanol–water partition coefficient (Wildman–Crippen LogP) is 1.21. The van der Waals surface area contributed by atoms with Crippen LogP contribution in [0.2, 0.25) is 0 Å². The number of nitrogen functional groups attached to an aromatic ring is 1. The van der Waals surface area contributed by atoms with Crippen LogP contribution in [0.3, 0.4) is 0 Å². The van der Waals surface area contributed by atoms with Crippen molar-refractivity contribution in [3.63, 3.8) is 0 Å². The molecular formula is C11H18N4O. The average Bonchev–Trinajstić information content (AvgIpc) is 2.23. The summed E-state index contributed by atoms with van der Waals surface area (Å²) in [7, 11) is 1.75. The van der Waals surface area contributed by atoms with Crippen molar-refractivity contribution in [2.75, 3.05) is 18.2 Å². The molecule has 0 unspecified atom stereocenters. The van der Waals surface area contributed by atoms with E-state index < -0.39 is 0 Å². The van der Waals surface area contributed by atoms with Crippen LogP contribution in [-0.4, -0.2) is 29.2 Å². The van der Waals surface area contributed by atoms with Gasteiger partial charge < -0.3 is 15.8 Å². The minimum atomic E-state index is 0.391. The summed E-state index contributed by atoms with van der Waals surface area (Å²) < 4.78 is 5.24. The van der Waals surface area contributed by atoms with Gasteiger partial charge in [-0.15, -0.1) is 0 Å². The van der Waals surface area contributed by atoms with Gasteiger partial charge in [-0.1, -0.05) is 6.92 Å². The molecule has 0 atom stereocenters. The van der Waals surface area contributed by atoms with Gasteiger partial charge in [0.2, 0.25) is 0 Å². The minimum absolute atomic E-state index is 0.391. The van der Waals surface area contributed by atoms with Crippen LogP contribution in [-0.2, 0) is 11.2 Å². The second-order valence-corrected chi connectivity index (χ2v) is 4.11. The van der Waals surface area contributed by atoms with Crippen LogP contribution >= 0.6 is 0 Å². The number of aromatic nitrogens is 2. The summed E-state index contributed by atoms with van der Waals surface area (Å²) in [5.41, 5.74) is 6.81. The number of nitrogens with one attached hydrogen (secondary N) is 1. The lowest BCUT2D eigenvalue weighted by Crippen LogP contribution is -2.40. The van der Waals surface area contributed by atoms with E-state index in [1.165, 1.54) is 6.33 Å². The van der Waals surface area contributed by atoms with Crippen molar-refractivity contribution in [1.29, 1.82) is 0 Å². The molecule has 1 heterocycles. The third-order valence-electron chi connectivity index (χ3n) is 3.10. The monoisotopic (exact) mass is 222 g/mol. The molecule has 16 heavy (non-hydrogen) atoms. The quantitative estimate of drug-likeness (QED) is 0.801. The Kier molecular flexibility index (Phi) is 3.24. The molecule has 3 N–H and O–H groups in total. The molecule has 88 valence electrons. The van der Waals surface area contributed by atoms with Gasteiger partial charge in [0.15, 0.2) is 0 Å². The molecule has 0 radical (unpaired) electrons. The Hall–Kier alpha value is -1.36. The lowest BCUT2D eigenvalue weighted by atomic mass is 9.89. The molecule has 1 aliphatic rings. The van der Waals surface area contributed by atoms with Gasteiger partial charge >= 0.3 is 0 Å². The van der Waals surface area contributed by atoms with Crippen molar-refractivity contribution < 1.29 is 4.74 Å². The smallest absolute Gasteiger partial charge is 0.134 e. The molecule has 1 aliphatic carbocycles. The maximum absolute atomic E-state index is 5.80. The van der Waals surface area contributed by atoms with Crippen LogP contribution < -0.4 is 11.1 Å². The van der Waals surface area contributed by atoms with Gasteiger partial charge in [0.25, 0.3) is 0 Å². The predicted molar refractivity (Wildman–Crippen MR) is 63.3 cm³/mol. The van der Waals surface area contributed by atoms with E-state index in [1.54, 1.807) is 7.11 Å². The largest absolute Gasteiger partial charge is 0.383 e. The molecule has 5 nitrogen and oxygen atoms in total. The van der Waals surface area contributed by atoms with Crippen molar-refractivity contribution in [2.45, 2.75) is 38.3 Å². The first-order valence-corrected chi connectivity index (χ1v) is 5.63. The van der Waals surface area contributed by atoms with Crippen LogP contribution in [0.15, 0.2) is 6.33 Å². The zero-order valence-electron chi connectivity index (χ0n) is 9.73. The first kappa shape index (κ1) is 11.1. The van der Waals surface area contributed by atoms with Crippen molar-refractivity contribution in [1.82, 2.24) is 9.97 Å². The molecule has 2 rings (SSSR count). The van der Waals surface area contributed by atoms with Crippen LogP contribution in [0, 0.1) is 0 Å². The van der Waals surface area contributed by atoms with Gasteiger partial charge in [0.05, 0.1) is 6.10 Å². The maximum atomic E-state index is 5.80. The summed E-state index contributed by atoms with van der Waals surface area (Å²) >= 11 is 0. The standard InChI is InChI=1S/C11H18N4O/c1-3-9-10(12)13-6-14-11(9)15-7-4-8(5-7)16-2/h6-8H,3-5H2,1-2H3,(H3,12,13,14,15). The van der Waals surface area contributed by atoms with Crippen LogP contribution in [0.25, 0.3) is 0 Å². The summed E-state index contributed by atoms with van der Waals surface area (Å²) in [5, 5.41) is 3.39. The van der Waals surface area contributed by atoms with Crippen LogP contribution in [0.4, 0.5) is 11.6 Å². The first-order chi connectivity index (χ1) is 7.74. The Morgan fingerprint density at radius 1 is 1.50 bits per heavy atom. The molecule has 1 aromatic rings. The molecule has 1 fully saturated rings. The molecule has 0 bridgehead atoms. The molecule has 1 aromatic heterocycles. The van der Waals surface area contributed by atoms with E-state index in [-0.39, 0.29) is 0 Å². The van der Waals surface area contributed by atoms with Gasteiger partial charge in [-0.25, -0.2) is 9.97 Å². The summed E-state index contributed by atoms with van der Waals surface area (Å²) in [6.45, 7) is 2.05. The highest BCUT2D eigenvalue weighted by Crippen LogP contribution is 2.27. The number of nitrogens with two attached hydrogens (primary N) is 1. The normalized spacial score (nSPS) is 23.9. The van der Waals surface area contributed by atoms with E-state index in [0.717, 1.165) is 30.6 Å². The van der Waals surface area contributed by atoms with Crippen molar-refractivity contribution in [3.05, 3.63) is 11.9 Å². The second-order valence-electron chi connectivity index (χ2n) is 4.11. The molecule has 0 amide bonds. The van der Waals surface area contributed by atoms with E-state index in [0.29, 0.717) is 18.0 Å². The number of hydrogen-bond acceptors (Lipinski definition) is 5. The van der Waals surface area contributed by atoms with Crippen molar-refractivity contribution in [3.8, 4) is 0 Å². The van der Waals surface area contributed by atoms with Crippen molar-refractivity contribution in [2.24, 2.45) is 0 Å². The zero-order valence-corrected chi connectivity index (χ0v) is 9.73. The number of ether oxygens (including phenoxy) is 1. The van der Waals surface area contributed by atoms with E-state index in [4.69, 9.17) is 10.5 Å². The number of rotatable bonds is 4. The number of methoxy groups -OCH3 is 1. The number of hydrogen-bond donors (Lipinski definition) is 2. The van der Waals surface area contributed by atoms with Gasteiger partial charge in [0.1, 0.15) is 18.0 Å². The van der Waals surface area contributed by atoms with E-state index >= 15 is 0 Å². The van der Waals surface area contributed by atoms with Crippen LogP contribution in [0.1, 0.15) is 25.3 Å². The molecule has 0 spiro atoms. The maximum Gasteiger partial charge on any atom is 0.134 e. The van der Waals surface area contributed by atoms with E-state index in [9.17, 15) is 0 Å².